The Kier molecular flexibility index (Phi) is 7.21. The van der Waals surface area contributed by atoms with Crippen LogP contribution in [0.3, 0.4) is 0 Å². The summed E-state index contributed by atoms with van der Waals surface area (Å²) in [6.07, 6.45) is 2.87. The second-order valence-electron chi connectivity index (χ2n) is 8.30. The normalized spacial score (nSPS) is 18.8. The Morgan fingerprint density at radius 1 is 1.14 bits per heavy atom. The van der Waals surface area contributed by atoms with Gasteiger partial charge in [0.25, 0.3) is 0 Å². The van der Waals surface area contributed by atoms with Crippen LogP contribution >= 0.6 is 0 Å². The Hall–Kier alpha value is -2.20. The van der Waals surface area contributed by atoms with Crippen LogP contribution in [-0.4, -0.2) is 23.9 Å². The number of amides is 1. The molecule has 28 heavy (non-hydrogen) atoms. The first-order chi connectivity index (χ1) is 13.5. The van der Waals surface area contributed by atoms with Gasteiger partial charge in [0.2, 0.25) is 5.91 Å². The maximum Gasteiger partial charge on any atom is 0.224 e. The molecule has 3 rings (SSSR count). The SMILES string of the molecule is CC(C)CC(NC(=O)C1CCCN(Cc2ccc(F)cc2)C1)c1ccccc1. The molecule has 4 heteroatoms. The number of carbonyl (C=O) groups is 1. The van der Waals surface area contributed by atoms with Crippen molar-refractivity contribution in [2.75, 3.05) is 13.1 Å². The van der Waals surface area contributed by atoms with E-state index in [9.17, 15) is 9.18 Å². The molecule has 2 atom stereocenters. The number of hydrogen-bond acceptors (Lipinski definition) is 2. The van der Waals surface area contributed by atoms with Gasteiger partial charge >= 0.3 is 0 Å². The number of nitrogens with one attached hydrogen (secondary N) is 1. The van der Waals surface area contributed by atoms with Gasteiger partial charge in [-0.3, -0.25) is 9.69 Å². The highest BCUT2D eigenvalue weighted by Gasteiger charge is 2.27. The van der Waals surface area contributed by atoms with Crippen molar-refractivity contribution in [2.24, 2.45) is 11.8 Å². The van der Waals surface area contributed by atoms with E-state index in [2.05, 4.69) is 36.2 Å². The van der Waals surface area contributed by atoms with Crippen LogP contribution in [0.25, 0.3) is 0 Å². The minimum absolute atomic E-state index is 0.00701. The molecule has 0 spiro atoms. The monoisotopic (exact) mass is 382 g/mol. The standard InChI is InChI=1S/C24H31FN2O/c1-18(2)15-23(20-7-4-3-5-8-20)26-24(28)21-9-6-14-27(17-21)16-19-10-12-22(25)13-11-19/h3-5,7-8,10-13,18,21,23H,6,9,14-17H2,1-2H3,(H,26,28). The van der Waals surface area contributed by atoms with Crippen LogP contribution in [0, 0.1) is 17.7 Å². The molecule has 0 radical (unpaired) electrons. The van der Waals surface area contributed by atoms with Crippen LogP contribution in [0.15, 0.2) is 54.6 Å². The average molecular weight is 383 g/mol. The highest BCUT2D eigenvalue weighted by Crippen LogP contribution is 2.24. The topological polar surface area (TPSA) is 32.3 Å². The Morgan fingerprint density at radius 3 is 2.54 bits per heavy atom. The molecular formula is C24H31FN2O. The fourth-order valence-corrected chi connectivity index (χ4v) is 3.99. The van der Waals surface area contributed by atoms with Gasteiger partial charge in [0, 0.05) is 13.1 Å². The number of hydrogen-bond donors (Lipinski definition) is 1. The van der Waals surface area contributed by atoms with E-state index in [1.165, 1.54) is 17.7 Å². The predicted octanol–water partition coefficient (Wildman–Crippen LogP) is 4.94. The largest absolute Gasteiger partial charge is 0.349 e. The summed E-state index contributed by atoms with van der Waals surface area (Å²) in [6, 6.07) is 17.0. The molecule has 150 valence electrons. The van der Waals surface area contributed by atoms with Gasteiger partial charge < -0.3 is 5.32 Å². The quantitative estimate of drug-likeness (QED) is 0.735. The predicted molar refractivity (Wildman–Crippen MR) is 111 cm³/mol. The summed E-state index contributed by atoms with van der Waals surface area (Å²) < 4.78 is 13.1. The first-order valence-corrected chi connectivity index (χ1v) is 10.3. The Morgan fingerprint density at radius 2 is 1.86 bits per heavy atom. The third-order valence-electron chi connectivity index (χ3n) is 5.42. The maximum absolute atomic E-state index is 13.1. The fraction of sp³-hybridized carbons (Fsp3) is 0.458. The molecule has 0 saturated carbocycles. The van der Waals surface area contributed by atoms with Crippen LogP contribution < -0.4 is 5.32 Å². The zero-order valence-corrected chi connectivity index (χ0v) is 16.9. The molecule has 3 nitrogen and oxygen atoms in total. The van der Waals surface area contributed by atoms with Crippen LogP contribution in [0.2, 0.25) is 0 Å². The first kappa shape index (κ1) is 20.5. The van der Waals surface area contributed by atoms with Gasteiger partial charge in [0.05, 0.1) is 12.0 Å². The zero-order chi connectivity index (χ0) is 19.9. The molecule has 2 unspecified atom stereocenters. The molecule has 1 aliphatic rings. The maximum atomic E-state index is 13.1. The lowest BCUT2D eigenvalue weighted by Gasteiger charge is -2.33. The highest BCUT2D eigenvalue weighted by atomic mass is 19.1. The number of piperidine rings is 1. The molecule has 0 aliphatic carbocycles. The first-order valence-electron chi connectivity index (χ1n) is 10.3. The van der Waals surface area contributed by atoms with E-state index < -0.39 is 0 Å². The van der Waals surface area contributed by atoms with E-state index >= 15 is 0 Å². The van der Waals surface area contributed by atoms with E-state index in [0.29, 0.717) is 5.92 Å². The summed E-state index contributed by atoms with van der Waals surface area (Å²) in [6.45, 7) is 6.88. The molecule has 2 aromatic rings. The summed E-state index contributed by atoms with van der Waals surface area (Å²) in [5.74, 6) is 0.453. The lowest BCUT2D eigenvalue weighted by Crippen LogP contribution is -2.43. The lowest BCUT2D eigenvalue weighted by atomic mass is 9.93. The van der Waals surface area contributed by atoms with Gasteiger partial charge in [-0.05, 0) is 55.0 Å². The van der Waals surface area contributed by atoms with E-state index in [-0.39, 0.29) is 23.7 Å². The van der Waals surface area contributed by atoms with Crippen molar-refractivity contribution >= 4 is 5.91 Å². The summed E-state index contributed by atoms with van der Waals surface area (Å²) >= 11 is 0. The van der Waals surface area contributed by atoms with Crippen LogP contribution in [0.5, 0.6) is 0 Å². The fourth-order valence-electron chi connectivity index (χ4n) is 3.99. The minimum Gasteiger partial charge on any atom is -0.349 e. The Labute approximate surface area is 167 Å². The van der Waals surface area contributed by atoms with Gasteiger partial charge in [0.1, 0.15) is 5.82 Å². The number of halogens is 1. The van der Waals surface area contributed by atoms with Gasteiger partial charge in [-0.1, -0.05) is 56.3 Å². The van der Waals surface area contributed by atoms with E-state index in [1.54, 1.807) is 0 Å². The molecule has 0 bridgehead atoms. The van der Waals surface area contributed by atoms with Gasteiger partial charge in [-0.2, -0.15) is 0 Å². The lowest BCUT2D eigenvalue weighted by molar-refractivity contribution is -0.127. The summed E-state index contributed by atoms with van der Waals surface area (Å²) in [4.78, 5) is 15.3. The van der Waals surface area contributed by atoms with Crippen LogP contribution in [0.4, 0.5) is 4.39 Å². The molecule has 0 aromatic heterocycles. The van der Waals surface area contributed by atoms with E-state index in [1.807, 2.05) is 30.3 Å². The Bertz CT molecular complexity index is 745. The minimum atomic E-state index is -0.211. The molecule has 1 fully saturated rings. The summed E-state index contributed by atoms with van der Waals surface area (Å²) in [7, 11) is 0. The van der Waals surface area contributed by atoms with Crippen molar-refractivity contribution in [2.45, 2.75) is 45.7 Å². The molecule has 1 aliphatic heterocycles. The van der Waals surface area contributed by atoms with Crippen molar-refractivity contribution < 1.29 is 9.18 Å². The molecule has 1 amide bonds. The average Bonchev–Trinajstić information content (AvgIpc) is 2.70. The second-order valence-corrected chi connectivity index (χ2v) is 8.30. The summed E-state index contributed by atoms with van der Waals surface area (Å²) in [5, 5.41) is 3.31. The smallest absolute Gasteiger partial charge is 0.224 e. The van der Waals surface area contributed by atoms with E-state index in [0.717, 1.165) is 44.5 Å². The van der Waals surface area contributed by atoms with E-state index in [4.69, 9.17) is 0 Å². The van der Waals surface area contributed by atoms with Gasteiger partial charge in [-0.15, -0.1) is 0 Å². The molecule has 1 heterocycles. The number of likely N-dealkylation sites (tertiary alicyclic amines) is 1. The molecular weight excluding hydrogens is 351 g/mol. The van der Waals surface area contributed by atoms with Gasteiger partial charge in [0.15, 0.2) is 0 Å². The van der Waals surface area contributed by atoms with Crippen molar-refractivity contribution in [3.8, 4) is 0 Å². The number of nitrogens with zero attached hydrogens (tertiary/aromatic N) is 1. The van der Waals surface area contributed by atoms with Crippen molar-refractivity contribution in [3.05, 3.63) is 71.5 Å². The number of carbonyl (C=O) groups excluding carboxylic acids is 1. The molecule has 2 aromatic carbocycles. The third kappa shape index (κ3) is 5.90. The zero-order valence-electron chi connectivity index (χ0n) is 16.9. The second kappa shape index (κ2) is 9.83. The Balaban J connectivity index is 1.61. The summed E-state index contributed by atoms with van der Waals surface area (Å²) in [5.41, 5.74) is 2.26. The third-order valence-corrected chi connectivity index (χ3v) is 5.42. The number of benzene rings is 2. The van der Waals surface area contributed by atoms with Gasteiger partial charge in [-0.25, -0.2) is 4.39 Å². The molecule has 1 N–H and O–H groups in total. The highest BCUT2D eigenvalue weighted by molar-refractivity contribution is 5.79. The van der Waals surface area contributed by atoms with Crippen molar-refractivity contribution in [1.82, 2.24) is 10.2 Å². The van der Waals surface area contributed by atoms with Crippen LogP contribution in [0.1, 0.15) is 50.3 Å². The van der Waals surface area contributed by atoms with Crippen LogP contribution in [-0.2, 0) is 11.3 Å². The van der Waals surface area contributed by atoms with Crippen molar-refractivity contribution in [1.29, 1.82) is 0 Å². The van der Waals surface area contributed by atoms with Crippen molar-refractivity contribution in [3.63, 3.8) is 0 Å². The molecule has 1 saturated heterocycles. The number of rotatable bonds is 7.